The van der Waals surface area contributed by atoms with E-state index in [-0.39, 0.29) is 12.0 Å². The Hall–Kier alpha value is -0.650. The third kappa shape index (κ3) is 6.33. The molecule has 1 rings (SSSR count). The fourth-order valence-electron chi connectivity index (χ4n) is 2.26. The zero-order chi connectivity index (χ0) is 13.2. The summed E-state index contributed by atoms with van der Waals surface area (Å²) in [7, 11) is 1.58. The van der Waals surface area contributed by atoms with Crippen molar-refractivity contribution in [3.8, 4) is 0 Å². The first-order valence-electron chi connectivity index (χ1n) is 6.98. The van der Waals surface area contributed by atoms with Crippen LogP contribution in [0.1, 0.15) is 32.1 Å². The van der Waals surface area contributed by atoms with Gasteiger partial charge in [0.15, 0.2) is 0 Å². The van der Waals surface area contributed by atoms with E-state index in [0.29, 0.717) is 13.0 Å². The topological polar surface area (TPSA) is 67.6 Å². The van der Waals surface area contributed by atoms with Gasteiger partial charge in [-0.25, -0.2) is 0 Å². The van der Waals surface area contributed by atoms with E-state index in [1.54, 1.807) is 7.11 Å². The summed E-state index contributed by atoms with van der Waals surface area (Å²) in [5.74, 6) is 0.0333. The molecular weight excluding hydrogens is 230 g/mol. The average molecular weight is 257 g/mol. The van der Waals surface area contributed by atoms with E-state index in [4.69, 9.17) is 10.5 Å². The highest BCUT2D eigenvalue weighted by Crippen LogP contribution is 2.08. The van der Waals surface area contributed by atoms with Crippen LogP contribution in [0.3, 0.4) is 0 Å². The van der Waals surface area contributed by atoms with E-state index in [9.17, 15) is 4.79 Å². The summed E-state index contributed by atoms with van der Waals surface area (Å²) in [6, 6.07) is 0. The second-order valence-corrected chi connectivity index (χ2v) is 4.90. The van der Waals surface area contributed by atoms with E-state index >= 15 is 0 Å². The van der Waals surface area contributed by atoms with Crippen molar-refractivity contribution in [3.05, 3.63) is 0 Å². The van der Waals surface area contributed by atoms with Crippen LogP contribution in [0.15, 0.2) is 0 Å². The van der Waals surface area contributed by atoms with Gasteiger partial charge in [-0.3, -0.25) is 4.79 Å². The zero-order valence-corrected chi connectivity index (χ0v) is 11.5. The van der Waals surface area contributed by atoms with E-state index in [2.05, 4.69) is 10.2 Å². The quantitative estimate of drug-likeness (QED) is 0.615. The minimum absolute atomic E-state index is 0.0333. The number of ether oxygens (including phenoxy) is 1. The van der Waals surface area contributed by atoms with Gasteiger partial charge in [-0.15, -0.1) is 0 Å². The lowest BCUT2D eigenvalue weighted by Crippen LogP contribution is -2.35. The molecule has 1 aliphatic rings. The highest BCUT2D eigenvalue weighted by molar-refractivity contribution is 5.76. The number of carbonyl (C=O) groups excluding carboxylic acids is 1. The summed E-state index contributed by atoms with van der Waals surface area (Å²) in [6.45, 7) is 4.65. The number of piperidine rings is 1. The van der Waals surface area contributed by atoms with E-state index in [1.165, 1.54) is 32.4 Å². The van der Waals surface area contributed by atoms with Gasteiger partial charge < -0.3 is 20.7 Å². The molecule has 0 bridgehead atoms. The molecule has 0 aromatic heterocycles. The molecule has 18 heavy (non-hydrogen) atoms. The van der Waals surface area contributed by atoms with Crippen LogP contribution in [0.5, 0.6) is 0 Å². The zero-order valence-electron chi connectivity index (χ0n) is 11.5. The number of hydrogen-bond acceptors (Lipinski definition) is 4. The van der Waals surface area contributed by atoms with Crippen LogP contribution in [0.2, 0.25) is 0 Å². The minimum atomic E-state index is -0.160. The number of hydrogen-bond donors (Lipinski definition) is 2. The number of rotatable bonds is 8. The smallest absolute Gasteiger partial charge is 0.222 e. The van der Waals surface area contributed by atoms with Crippen LogP contribution in [0.4, 0.5) is 0 Å². The number of nitrogens with zero attached hydrogens (tertiary/aromatic N) is 1. The van der Waals surface area contributed by atoms with Crippen molar-refractivity contribution in [1.82, 2.24) is 10.2 Å². The Labute approximate surface area is 110 Å². The van der Waals surface area contributed by atoms with Crippen molar-refractivity contribution in [3.63, 3.8) is 0 Å². The summed E-state index contributed by atoms with van der Waals surface area (Å²) in [4.78, 5) is 14.0. The second-order valence-electron chi connectivity index (χ2n) is 4.90. The fourth-order valence-corrected chi connectivity index (χ4v) is 2.26. The number of amides is 1. The van der Waals surface area contributed by atoms with Gasteiger partial charge in [0.1, 0.15) is 0 Å². The molecule has 1 heterocycles. The molecule has 3 N–H and O–H groups in total. The number of nitrogens with two attached hydrogens (primary N) is 1. The van der Waals surface area contributed by atoms with Crippen LogP contribution in [-0.4, -0.2) is 56.7 Å². The average Bonchev–Trinajstić information content (AvgIpc) is 2.42. The molecule has 0 saturated carbocycles. The SMILES string of the molecule is COC(CN)CC(=O)NCCCN1CCCCC1. The number of nitrogens with one attached hydrogen (secondary N) is 1. The molecule has 0 aromatic rings. The van der Waals surface area contributed by atoms with Gasteiger partial charge in [0, 0.05) is 20.2 Å². The van der Waals surface area contributed by atoms with Crippen LogP contribution >= 0.6 is 0 Å². The Morgan fingerprint density at radius 1 is 1.39 bits per heavy atom. The lowest BCUT2D eigenvalue weighted by atomic mass is 10.1. The first-order chi connectivity index (χ1) is 8.76. The molecule has 106 valence electrons. The third-order valence-electron chi connectivity index (χ3n) is 3.43. The van der Waals surface area contributed by atoms with Crippen molar-refractivity contribution < 1.29 is 9.53 Å². The first kappa shape index (κ1) is 15.4. The van der Waals surface area contributed by atoms with Gasteiger partial charge in [-0.2, -0.15) is 0 Å². The Balaban J connectivity index is 2.01. The highest BCUT2D eigenvalue weighted by atomic mass is 16.5. The molecule has 1 saturated heterocycles. The van der Waals surface area contributed by atoms with Crippen LogP contribution in [-0.2, 0) is 9.53 Å². The lowest BCUT2D eigenvalue weighted by Gasteiger charge is -2.26. The standard InChI is InChI=1S/C13H27N3O2/c1-18-12(11-14)10-13(17)15-6-5-9-16-7-3-2-4-8-16/h12H,2-11,14H2,1H3,(H,15,17). The van der Waals surface area contributed by atoms with Crippen LogP contribution in [0.25, 0.3) is 0 Å². The predicted molar refractivity (Wildman–Crippen MR) is 72.4 cm³/mol. The van der Waals surface area contributed by atoms with E-state index in [0.717, 1.165) is 19.5 Å². The number of likely N-dealkylation sites (tertiary alicyclic amines) is 1. The monoisotopic (exact) mass is 257 g/mol. The van der Waals surface area contributed by atoms with Crippen molar-refractivity contribution in [2.24, 2.45) is 5.73 Å². The van der Waals surface area contributed by atoms with E-state index in [1.807, 2.05) is 0 Å². The molecule has 5 heteroatoms. The summed E-state index contributed by atoms with van der Waals surface area (Å²) < 4.78 is 5.08. The van der Waals surface area contributed by atoms with Gasteiger partial charge in [-0.05, 0) is 38.9 Å². The number of methoxy groups -OCH3 is 1. The van der Waals surface area contributed by atoms with Crippen LogP contribution in [0, 0.1) is 0 Å². The summed E-state index contributed by atoms with van der Waals surface area (Å²) in [6.07, 6.45) is 5.22. The molecule has 5 nitrogen and oxygen atoms in total. The molecular formula is C13H27N3O2. The Morgan fingerprint density at radius 3 is 2.72 bits per heavy atom. The number of carbonyl (C=O) groups is 1. The van der Waals surface area contributed by atoms with Gasteiger partial charge in [0.25, 0.3) is 0 Å². The molecule has 0 aromatic carbocycles. The Kier molecular flexibility index (Phi) is 7.96. The second kappa shape index (κ2) is 9.30. The maximum absolute atomic E-state index is 11.6. The van der Waals surface area contributed by atoms with Gasteiger partial charge >= 0.3 is 0 Å². The molecule has 1 aliphatic heterocycles. The molecule has 0 radical (unpaired) electrons. The minimum Gasteiger partial charge on any atom is -0.380 e. The first-order valence-corrected chi connectivity index (χ1v) is 6.98. The molecule has 0 spiro atoms. The van der Waals surface area contributed by atoms with Gasteiger partial charge in [0.05, 0.1) is 12.5 Å². The molecule has 0 aliphatic carbocycles. The Morgan fingerprint density at radius 2 is 2.11 bits per heavy atom. The molecule has 1 amide bonds. The molecule has 1 atom stereocenters. The predicted octanol–water partition coefficient (Wildman–Crippen LogP) is 0.342. The lowest BCUT2D eigenvalue weighted by molar-refractivity contribution is -0.123. The van der Waals surface area contributed by atoms with Crippen LogP contribution < -0.4 is 11.1 Å². The normalized spacial score (nSPS) is 18.6. The van der Waals surface area contributed by atoms with Crippen molar-refractivity contribution >= 4 is 5.91 Å². The summed E-state index contributed by atoms with van der Waals surface area (Å²) in [5, 5.41) is 2.92. The molecule has 1 fully saturated rings. The highest BCUT2D eigenvalue weighted by Gasteiger charge is 2.12. The van der Waals surface area contributed by atoms with E-state index < -0.39 is 0 Å². The third-order valence-corrected chi connectivity index (χ3v) is 3.43. The maximum atomic E-state index is 11.6. The maximum Gasteiger partial charge on any atom is 0.222 e. The molecule has 1 unspecified atom stereocenters. The van der Waals surface area contributed by atoms with Crippen molar-refractivity contribution in [1.29, 1.82) is 0 Å². The van der Waals surface area contributed by atoms with Crippen molar-refractivity contribution in [2.45, 2.75) is 38.2 Å². The summed E-state index contributed by atoms with van der Waals surface area (Å²) >= 11 is 0. The van der Waals surface area contributed by atoms with Gasteiger partial charge in [0.2, 0.25) is 5.91 Å². The fraction of sp³-hybridized carbons (Fsp3) is 0.923. The largest absolute Gasteiger partial charge is 0.380 e. The summed E-state index contributed by atoms with van der Waals surface area (Å²) in [5.41, 5.74) is 5.47. The Bertz CT molecular complexity index is 226. The van der Waals surface area contributed by atoms with Crippen molar-refractivity contribution in [2.75, 3.05) is 39.8 Å². The van der Waals surface area contributed by atoms with Gasteiger partial charge in [-0.1, -0.05) is 6.42 Å².